The van der Waals surface area contributed by atoms with Crippen LogP contribution in [-0.2, 0) is 11.8 Å². The maximum atomic E-state index is 13.5. The van der Waals surface area contributed by atoms with Crippen LogP contribution in [0.3, 0.4) is 0 Å². The minimum Gasteiger partial charge on any atom is -0.507 e. The Hall–Kier alpha value is -3.15. The first-order chi connectivity index (χ1) is 13.5. The third-order valence-electron chi connectivity index (χ3n) is 5.91. The molecule has 2 heterocycles. The average molecular weight is 396 g/mol. The third kappa shape index (κ3) is 2.66. The molecule has 1 aliphatic rings. The van der Waals surface area contributed by atoms with E-state index in [0.717, 1.165) is 5.57 Å². The van der Waals surface area contributed by atoms with Crippen molar-refractivity contribution < 1.29 is 24.5 Å². The Labute approximate surface area is 167 Å². The number of hydrogen-bond acceptors (Lipinski definition) is 6. The molecule has 3 aromatic rings. The summed E-state index contributed by atoms with van der Waals surface area (Å²) in [5.41, 5.74) is 1.46. The average Bonchev–Trinajstić information content (AvgIpc) is 2.84. The van der Waals surface area contributed by atoms with Crippen molar-refractivity contribution in [2.75, 3.05) is 0 Å². The van der Waals surface area contributed by atoms with Crippen LogP contribution in [0.25, 0.3) is 21.9 Å². The van der Waals surface area contributed by atoms with Gasteiger partial charge < -0.3 is 24.5 Å². The number of ether oxygens (including phenoxy) is 1. The van der Waals surface area contributed by atoms with Gasteiger partial charge in [-0.1, -0.05) is 25.5 Å². The SMILES string of the molecule is CC(C)=CCc1c(O)c(O)cc2oc3c4c(cc(O)c3c(=O)c12)O[C@@H](C)C4(C)C. The van der Waals surface area contributed by atoms with Gasteiger partial charge in [0.25, 0.3) is 0 Å². The van der Waals surface area contributed by atoms with Crippen molar-refractivity contribution in [1.82, 2.24) is 0 Å². The van der Waals surface area contributed by atoms with Gasteiger partial charge in [-0.05, 0) is 27.2 Å². The van der Waals surface area contributed by atoms with Gasteiger partial charge in [0.15, 0.2) is 11.5 Å². The molecule has 4 rings (SSSR count). The summed E-state index contributed by atoms with van der Waals surface area (Å²) in [6, 6.07) is 2.68. The van der Waals surface area contributed by atoms with E-state index in [9.17, 15) is 20.1 Å². The number of phenolic OH excluding ortho intramolecular Hbond substituents is 3. The first-order valence-corrected chi connectivity index (χ1v) is 9.54. The van der Waals surface area contributed by atoms with Gasteiger partial charge in [-0.2, -0.15) is 0 Å². The number of fused-ring (bicyclic) bond motifs is 4. The number of benzene rings is 2. The van der Waals surface area contributed by atoms with Gasteiger partial charge >= 0.3 is 0 Å². The van der Waals surface area contributed by atoms with Crippen LogP contribution in [0.2, 0.25) is 0 Å². The third-order valence-corrected chi connectivity index (χ3v) is 5.91. The lowest BCUT2D eigenvalue weighted by Crippen LogP contribution is -2.29. The smallest absolute Gasteiger partial charge is 0.204 e. The maximum Gasteiger partial charge on any atom is 0.204 e. The molecule has 29 heavy (non-hydrogen) atoms. The van der Waals surface area contributed by atoms with Crippen molar-refractivity contribution in [1.29, 1.82) is 0 Å². The summed E-state index contributed by atoms with van der Waals surface area (Å²) in [6.07, 6.45) is 1.91. The van der Waals surface area contributed by atoms with Crippen molar-refractivity contribution in [3.8, 4) is 23.0 Å². The van der Waals surface area contributed by atoms with Crippen molar-refractivity contribution in [2.45, 2.75) is 52.6 Å². The Bertz CT molecular complexity index is 1260. The van der Waals surface area contributed by atoms with Gasteiger partial charge in [0.1, 0.15) is 34.2 Å². The first kappa shape index (κ1) is 19.2. The van der Waals surface area contributed by atoms with Crippen molar-refractivity contribution in [3.05, 3.63) is 45.1 Å². The fraction of sp³-hybridized carbons (Fsp3) is 0.348. The summed E-state index contributed by atoms with van der Waals surface area (Å²) in [6.45, 7) is 9.69. The minimum absolute atomic E-state index is 0.0468. The van der Waals surface area contributed by atoms with E-state index >= 15 is 0 Å². The predicted molar refractivity (Wildman–Crippen MR) is 111 cm³/mol. The molecule has 0 unspecified atom stereocenters. The Kier molecular flexibility index (Phi) is 4.08. The predicted octanol–water partition coefficient (Wildman–Crippen LogP) is 4.63. The van der Waals surface area contributed by atoms with Crippen LogP contribution in [0, 0.1) is 0 Å². The van der Waals surface area contributed by atoms with E-state index in [1.807, 2.05) is 40.7 Å². The standard InChI is InChI=1S/C23H24O6/c1-10(2)6-7-12-17-15(9-14(25)20(12)26)29-22-18(21(17)27)13(24)8-16-19(22)23(4,5)11(3)28-16/h6,8-9,11,24-26H,7H2,1-5H3/t11-/m0/s1. The van der Waals surface area contributed by atoms with Crippen LogP contribution < -0.4 is 10.2 Å². The lowest BCUT2D eigenvalue weighted by molar-refractivity contribution is 0.185. The Balaban J connectivity index is 2.19. The molecule has 1 aromatic heterocycles. The van der Waals surface area contributed by atoms with E-state index in [2.05, 4.69) is 0 Å². The quantitative estimate of drug-likeness (QED) is 0.332. The maximum absolute atomic E-state index is 13.5. The Morgan fingerprint density at radius 1 is 1.14 bits per heavy atom. The number of allylic oxidation sites excluding steroid dienone is 2. The van der Waals surface area contributed by atoms with Crippen LogP contribution in [0.15, 0.2) is 33.0 Å². The summed E-state index contributed by atoms with van der Waals surface area (Å²) in [7, 11) is 0. The molecule has 0 saturated heterocycles. The lowest BCUT2D eigenvalue weighted by atomic mass is 9.80. The fourth-order valence-corrected chi connectivity index (χ4v) is 3.94. The molecule has 2 aromatic carbocycles. The summed E-state index contributed by atoms with van der Waals surface area (Å²) in [4.78, 5) is 13.5. The van der Waals surface area contributed by atoms with E-state index < -0.39 is 10.8 Å². The molecule has 0 spiro atoms. The highest BCUT2D eigenvalue weighted by atomic mass is 16.5. The normalized spacial score (nSPS) is 17.3. The summed E-state index contributed by atoms with van der Waals surface area (Å²) in [5, 5.41) is 31.4. The van der Waals surface area contributed by atoms with Gasteiger partial charge in [-0.3, -0.25) is 4.79 Å². The van der Waals surface area contributed by atoms with Crippen LogP contribution in [0.5, 0.6) is 23.0 Å². The van der Waals surface area contributed by atoms with Crippen LogP contribution in [-0.4, -0.2) is 21.4 Å². The molecule has 0 fully saturated rings. The zero-order valence-corrected chi connectivity index (χ0v) is 17.1. The zero-order chi connectivity index (χ0) is 21.2. The van der Waals surface area contributed by atoms with Gasteiger partial charge in [-0.25, -0.2) is 0 Å². The van der Waals surface area contributed by atoms with E-state index in [4.69, 9.17) is 9.15 Å². The second-order valence-corrected chi connectivity index (χ2v) is 8.47. The van der Waals surface area contributed by atoms with Gasteiger partial charge in [0.2, 0.25) is 5.43 Å². The van der Waals surface area contributed by atoms with Crippen molar-refractivity contribution >= 4 is 21.9 Å². The lowest BCUT2D eigenvalue weighted by Gasteiger charge is -2.22. The monoisotopic (exact) mass is 396 g/mol. The molecule has 152 valence electrons. The Morgan fingerprint density at radius 3 is 2.48 bits per heavy atom. The first-order valence-electron chi connectivity index (χ1n) is 9.54. The number of hydrogen-bond donors (Lipinski definition) is 3. The number of phenols is 3. The van der Waals surface area contributed by atoms with Gasteiger partial charge in [0, 0.05) is 28.7 Å². The topological polar surface area (TPSA) is 100 Å². The molecular formula is C23H24O6. The molecule has 0 aliphatic carbocycles. The van der Waals surface area contributed by atoms with Crippen molar-refractivity contribution in [2.24, 2.45) is 0 Å². The second kappa shape index (κ2) is 6.17. The van der Waals surface area contributed by atoms with Crippen LogP contribution >= 0.6 is 0 Å². The fourth-order valence-electron chi connectivity index (χ4n) is 3.94. The molecule has 3 N–H and O–H groups in total. The van der Waals surface area contributed by atoms with E-state index in [1.165, 1.54) is 12.1 Å². The molecule has 1 aliphatic heterocycles. The molecule has 0 bridgehead atoms. The van der Waals surface area contributed by atoms with Crippen molar-refractivity contribution in [3.63, 3.8) is 0 Å². The summed E-state index contributed by atoms with van der Waals surface area (Å²) in [5.74, 6) is -0.486. The largest absolute Gasteiger partial charge is 0.507 e. The molecule has 6 heteroatoms. The van der Waals surface area contributed by atoms with E-state index in [0.29, 0.717) is 11.3 Å². The van der Waals surface area contributed by atoms with Crippen LogP contribution in [0.1, 0.15) is 45.7 Å². The van der Waals surface area contributed by atoms with E-state index in [1.54, 1.807) is 0 Å². The minimum atomic E-state index is -0.454. The molecule has 0 amide bonds. The molecular weight excluding hydrogens is 372 g/mol. The van der Waals surface area contributed by atoms with Crippen LogP contribution in [0.4, 0.5) is 0 Å². The molecule has 1 atom stereocenters. The molecule has 6 nitrogen and oxygen atoms in total. The summed E-state index contributed by atoms with van der Waals surface area (Å²) < 4.78 is 12.0. The summed E-state index contributed by atoms with van der Waals surface area (Å²) >= 11 is 0. The Morgan fingerprint density at radius 2 is 1.83 bits per heavy atom. The molecule has 0 saturated carbocycles. The zero-order valence-electron chi connectivity index (χ0n) is 17.1. The number of rotatable bonds is 2. The highest BCUT2D eigenvalue weighted by molar-refractivity contribution is 5.99. The van der Waals surface area contributed by atoms with Gasteiger partial charge in [0.05, 0.1) is 5.39 Å². The van der Waals surface area contributed by atoms with Gasteiger partial charge in [-0.15, -0.1) is 0 Å². The second-order valence-electron chi connectivity index (χ2n) is 8.47. The highest BCUT2D eigenvalue weighted by Crippen LogP contribution is 2.49. The van der Waals surface area contributed by atoms with E-state index in [-0.39, 0.29) is 57.3 Å². The number of aromatic hydroxyl groups is 3. The molecule has 0 radical (unpaired) electrons. The highest BCUT2D eigenvalue weighted by Gasteiger charge is 2.42.